The van der Waals surface area contributed by atoms with E-state index in [0.29, 0.717) is 22.0 Å². The number of pyridine rings is 1. The normalized spacial score (nSPS) is 11.2. The summed E-state index contributed by atoms with van der Waals surface area (Å²) in [4.78, 5) is 17.1. The Kier molecular flexibility index (Phi) is 5.68. The van der Waals surface area contributed by atoms with E-state index in [1.807, 2.05) is 0 Å². The molecule has 146 valence electrons. The van der Waals surface area contributed by atoms with E-state index in [1.165, 1.54) is 32.5 Å². The third kappa shape index (κ3) is 4.16. The van der Waals surface area contributed by atoms with Crippen LogP contribution in [0.5, 0.6) is 5.19 Å². The molecule has 1 aromatic carbocycles. The van der Waals surface area contributed by atoms with Crippen molar-refractivity contribution in [3.8, 4) is 16.3 Å². The standard InChI is InChI=1S/C17H17N5O4S2/c1-10-7-13(11-5-4-6-12(8-11)28(24,25)18-2)14(9-19-10)15(23)20-16-21-22-17(26-3)27-16/h4-9,18H,1-3H3,(H,20,21,23). The van der Waals surface area contributed by atoms with Gasteiger partial charge < -0.3 is 4.74 Å². The zero-order valence-electron chi connectivity index (χ0n) is 15.3. The summed E-state index contributed by atoms with van der Waals surface area (Å²) in [6.45, 7) is 1.79. The molecule has 11 heteroatoms. The van der Waals surface area contributed by atoms with Gasteiger partial charge in [0.15, 0.2) is 0 Å². The number of aromatic nitrogens is 3. The Morgan fingerprint density at radius 2 is 2.00 bits per heavy atom. The largest absolute Gasteiger partial charge is 0.472 e. The number of benzene rings is 1. The first-order chi connectivity index (χ1) is 13.3. The minimum Gasteiger partial charge on any atom is -0.472 e. The second-order valence-electron chi connectivity index (χ2n) is 5.64. The molecule has 3 rings (SSSR count). The minimum absolute atomic E-state index is 0.0992. The molecular formula is C17H17N5O4S2. The maximum atomic E-state index is 12.8. The lowest BCUT2D eigenvalue weighted by molar-refractivity contribution is 0.102. The number of sulfonamides is 1. The summed E-state index contributed by atoms with van der Waals surface area (Å²) in [6.07, 6.45) is 1.44. The van der Waals surface area contributed by atoms with Crippen molar-refractivity contribution < 1.29 is 17.9 Å². The van der Waals surface area contributed by atoms with Crippen molar-refractivity contribution >= 4 is 32.4 Å². The molecule has 0 aliphatic rings. The molecule has 0 aliphatic carbocycles. The van der Waals surface area contributed by atoms with Crippen molar-refractivity contribution in [3.05, 3.63) is 47.8 Å². The number of rotatable bonds is 6. The van der Waals surface area contributed by atoms with E-state index in [0.717, 1.165) is 11.3 Å². The Balaban J connectivity index is 2.02. The van der Waals surface area contributed by atoms with Crippen LogP contribution in [0.4, 0.5) is 5.13 Å². The van der Waals surface area contributed by atoms with Gasteiger partial charge in [0.1, 0.15) is 0 Å². The van der Waals surface area contributed by atoms with Gasteiger partial charge in [0.05, 0.1) is 17.6 Å². The second kappa shape index (κ2) is 8.00. The first-order valence-corrected chi connectivity index (χ1v) is 10.3. The molecule has 2 N–H and O–H groups in total. The predicted octanol–water partition coefficient (Wildman–Crippen LogP) is 2.08. The van der Waals surface area contributed by atoms with Crippen molar-refractivity contribution in [1.82, 2.24) is 19.9 Å². The topological polar surface area (TPSA) is 123 Å². The van der Waals surface area contributed by atoms with Crippen molar-refractivity contribution in [2.45, 2.75) is 11.8 Å². The average Bonchev–Trinajstić information content (AvgIpc) is 3.15. The van der Waals surface area contributed by atoms with E-state index in [1.54, 1.807) is 25.1 Å². The van der Waals surface area contributed by atoms with Crippen LogP contribution in [0.1, 0.15) is 16.1 Å². The molecule has 9 nitrogen and oxygen atoms in total. The van der Waals surface area contributed by atoms with Crippen molar-refractivity contribution in [2.24, 2.45) is 0 Å². The minimum atomic E-state index is -3.62. The zero-order valence-corrected chi connectivity index (χ0v) is 16.9. The van der Waals surface area contributed by atoms with Crippen LogP contribution in [-0.2, 0) is 10.0 Å². The summed E-state index contributed by atoms with van der Waals surface area (Å²) in [6, 6.07) is 8.06. The highest BCUT2D eigenvalue weighted by molar-refractivity contribution is 7.89. The van der Waals surface area contributed by atoms with Gasteiger partial charge in [-0.25, -0.2) is 13.1 Å². The molecule has 0 spiro atoms. The van der Waals surface area contributed by atoms with E-state index < -0.39 is 15.9 Å². The Labute approximate surface area is 165 Å². The lowest BCUT2D eigenvalue weighted by Gasteiger charge is -2.11. The van der Waals surface area contributed by atoms with E-state index in [9.17, 15) is 13.2 Å². The van der Waals surface area contributed by atoms with E-state index in [4.69, 9.17) is 4.74 Å². The Bertz CT molecular complexity index is 1130. The third-order valence-corrected chi connectivity index (χ3v) is 6.02. The molecule has 1 amide bonds. The van der Waals surface area contributed by atoms with Gasteiger partial charge in [0, 0.05) is 11.9 Å². The fourth-order valence-electron chi connectivity index (χ4n) is 2.44. The molecule has 2 heterocycles. The van der Waals surface area contributed by atoms with Crippen molar-refractivity contribution in [2.75, 3.05) is 19.5 Å². The molecule has 0 bridgehead atoms. The van der Waals surface area contributed by atoms with Crippen LogP contribution in [0.3, 0.4) is 0 Å². The smallest absolute Gasteiger partial charge is 0.295 e. The summed E-state index contributed by atoms with van der Waals surface area (Å²) >= 11 is 1.09. The van der Waals surface area contributed by atoms with Gasteiger partial charge in [-0.1, -0.05) is 17.2 Å². The molecule has 3 aromatic rings. The number of carbonyl (C=O) groups is 1. The highest BCUT2D eigenvalue weighted by atomic mass is 32.2. The number of carbonyl (C=O) groups excluding carboxylic acids is 1. The van der Waals surface area contributed by atoms with Gasteiger partial charge in [-0.3, -0.25) is 15.1 Å². The van der Waals surface area contributed by atoms with Gasteiger partial charge in [-0.2, -0.15) is 0 Å². The fraction of sp³-hybridized carbons (Fsp3) is 0.176. The van der Waals surface area contributed by atoms with Gasteiger partial charge >= 0.3 is 0 Å². The van der Waals surface area contributed by atoms with Gasteiger partial charge in [0.25, 0.3) is 11.1 Å². The molecule has 0 atom stereocenters. The molecule has 28 heavy (non-hydrogen) atoms. The Morgan fingerprint density at radius 1 is 1.21 bits per heavy atom. The number of aryl methyl sites for hydroxylation is 1. The van der Waals surface area contributed by atoms with E-state index >= 15 is 0 Å². The molecule has 0 saturated heterocycles. The van der Waals surface area contributed by atoms with Gasteiger partial charge in [-0.15, -0.1) is 5.10 Å². The molecule has 0 radical (unpaired) electrons. The third-order valence-electron chi connectivity index (χ3n) is 3.81. The van der Waals surface area contributed by atoms with Gasteiger partial charge in [-0.05, 0) is 54.6 Å². The average molecular weight is 419 g/mol. The highest BCUT2D eigenvalue weighted by Gasteiger charge is 2.18. The van der Waals surface area contributed by atoms with Crippen LogP contribution in [-0.4, -0.2) is 43.7 Å². The van der Waals surface area contributed by atoms with Crippen LogP contribution < -0.4 is 14.8 Å². The summed E-state index contributed by atoms with van der Waals surface area (Å²) in [5.41, 5.74) is 2.08. The molecular weight excluding hydrogens is 402 g/mol. The molecule has 0 aliphatic heterocycles. The molecule has 2 aromatic heterocycles. The van der Waals surface area contributed by atoms with E-state index in [-0.39, 0.29) is 15.6 Å². The Morgan fingerprint density at radius 3 is 2.68 bits per heavy atom. The SMILES string of the molecule is CNS(=O)(=O)c1cccc(-c2cc(C)ncc2C(=O)Nc2nnc(OC)s2)c1. The van der Waals surface area contributed by atoms with Gasteiger partial charge in [0.2, 0.25) is 15.2 Å². The summed E-state index contributed by atoms with van der Waals surface area (Å²) < 4.78 is 31.5. The molecule has 0 unspecified atom stereocenters. The monoisotopic (exact) mass is 419 g/mol. The first kappa shape index (κ1) is 19.9. The number of methoxy groups -OCH3 is 1. The van der Waals surface area contributed by atoms with Crippen LogP contribution in [0.25, 0.3) is 11.1 Å². The molecule has 0 fully saturated rings. The molecule has 0 saturated carbocycles. The van der Waals surface area contributed by atoms with Crippen LogP contribution >= 0.6 is 11.3 Å². The maximum absolute atomic E-state index is 12.8. The quantitative estimate of drug-likeness (QED) is 0.627. The number of amides is 1. The number of nitrogens with zero attached hydrogens (tertiary/aromatic N) is 3. The number of ether oxygens (including phenoxy) is 1. The number of nitrogens with one attached hydrogen (secondary N) is 2. The lowest BCUT2D eigenvalue weighted by atomic mass is 10.0. The maximum Gasteiger partial charge on any atom is 0.295 e. The highest BCUT2D eigenvalue weighted by Crippen LogP contribution is 2.28. The van der Waals surface area contributed by atoms with Crippen LogP contribution in [0.15, 0.2) is 41.4 Å². The predicted molar refractivity (Wildman–Crippen MR) is 105 cm³/mol. The van der Waals surface area contributed by atoms with Crippen LogP contribution in [0, 0.1) is 6.92 Å². The lowest BCUT2D eigenvalue weighted by Crippen LogP contribution is -2.18. The first-order valence-electron chi connectivity index (χ1n) is 8.03. The van der Waals surface area contributed by atoms with Crippen LogP contribution in [0.2, 0.25) is 0 Å². The summed E-state index contributed by atoms with van der Waals surface area (Å²) in [5, 5.41) is 10.9. The fourth-order valence-corrected chi connectivity index (χ4v) is 3.77. The van der Waals surface area contributed by atoms with Crippen molar-refractivity contribution in [1.29, 1.82) is 0 Å². The van der Waals surface area contributed by atoms with Crippen molar-refractivity contribution in [3.63, 3.8) is 0 Å². The summed E-state index contributed by atoms with van der Waals surface area (Å²) in [7, 11) is -0.818. The number of hydrogen-bond acceptors (Lipinski definition) is 8. The number of anilines is 1. The Hall–Kier alpha value is -2.89. The zero-order chi connectivity index (χ0) is 20.3. The second-order valence-corrected chi connectivity index (χ2v) is 8.46. The summed E-state index contributed by atoms with van der Waals surface area (Å²) in [5.74, 6) is -0.442. The number of hydrogen-bond donors (Lipinski definition) is 2. The van der Waals surface area contributed by atoms with E-state index in [2.05, 4.69) is 25.2 Å².